The number of rotatable bonds is 3. The molecule has 68 valence electrons. The van der Waals surface area contributed by atoms with Gasteiger partial charge >= 0.3 is 0 Å². The fraction of sp³-hybridized carbons (Fsp3) is 0.333. The van der Waals surface area contributed by atoms with Crippen LogP contribution in [0.4, 0.5) is 0 Å². The zero-order chi connectivity index (χ0) is 9.68. The van der Waals surface area contributed by atoms with Crippen molar-refractivity contribution in [2.24, 2.45) is 0 Å². The second-order valence-electron chi connectivity index (χ2n) is 3.36. The first-order valence-corrected chi connectivity index (χ1v) is 4.40. The minimum atomic E-state index is 0.702. The van der Waals surface area contributed by atoms with Crippen LogP contribution in [-0.2, 0) is 6.54 Å². The zero-order valence-corrected chi connectivity index (χ0v) is 8.25. The Kier molecular flexibility index (Phi) is 3.54. The van der Waals surface area contributed by atoms with Crippen molar-refractivity contribution in [1.29, 1.82) is 0 Å². The van der Waals surface area contributed by atoms with Gasteiger partial charge in [0.15, 0.2) is 0 Å². The Morgan fingerprint density at radius 3 is 2.46 bits per heavy atom. The van der Waals surface area contributed by atoms with E-state index in [9.17, 15) is 0 Å². The SMILES string of the molecule is C#CCN(C)Cc1ccc(C)cc1. The van der Waals surface area contributed by atoms with Crippen LogP contribution < -0.4 is 0 Å². The van der Waals surface area contributed by atoms with Gasteiger partial charge in [-0.15, -0.1) is 6.42 Å². The van der Waals surface area contributed by atoms with Crippen molar-refractivity contribution in [3.63, 3.8) is 0 Å². The van der Waals surface area contributed by atoms with E-state index in [4.69, 9.17) is 6.42 Å². The van der Waals surface area contributed by atoms with Crippen molar-refractivity contribution in [2.75, 3.05) is 13.6 Å². The van der Waals surface area contributed by atoms with Crippen LogP contribution in [0.25, 0.3) is 0 Å². The molecule has 1 aromatic carbocycles. The van der Waals surface area contributed by atoms with Gasteiger partial charge in [-0.1, -0.05) is 35.7 Å². The van der Waals surface area contributed by atoms with E-state index in [-0.39, 0.29) is 0 Å². The zero-order valence-electron chi connectivity index (χ0n) is 8.25. The molecule has 0 saturated carbocycles. The number of benzene rings is 1. The smallest absolute Gasteiger partial charge is 0.0599 e. The van der Waals surface area contributed by atoms with E-state index in [1.54, 1.807) is 0 Å². The van der Waals surface area contributed by atoms with E-state index >= 15 is 0 Å². The van der Waals surface area contributed by atoms with Gasteiger partial charge in [-0.25, -0.2) is 0 Å². The normalized spacial score (nSPS) is 10.0. The van der Waals surface area contributed by atoms with Gasteiger partial charge in [-0.3, -0.25) is 4.90 Å². The molecule has 0 aliphatic heterocycles. The summed E-state index contributed by atoms with van der Waals surface area (Å²) in [4.78, 5) is 2.12. The fourth-order valence-electron chi connectivity index (χ4n) is 1.22. The molecule has 0 saturated heterocycles. The number of nitrogens with zero attached hydrogens (tertiary/aromatic N) is 1. The summed E-state index contributed by atoms with van der Waals surface area (Å²) in [6, 6.07) is 8.53. The van der Waals surface area contributed by atoms with Crippen LogP contribution in [0.5, 0.6) is 0 Å². The average Bonchev–Trinajstić information content (AvgIpc) is 2.09. The predicted octanol–water partition coefficient (Wildman–Crippen LogP) is 2.06. The molecule has 0 aliphatic rings. The Balaban J connectivity index is 2.55. The van der Waals surface area contributed by atoms with Gasteiger partial charge < -0.3 is 0 Å². The molecule has 13 heavy (non-hydrogen) atoms. The Labute approximate surface area is 80.4 Å². The minimum Gasteiger partial charge on any atom is -0.291 e. The summed E-state index contributed by atoms with van der Waals surface area (Å²) in [5.74, 6) is 2.63. The summed E-state index contributed by atoms with van der Waals surface area (Å²) in [6.07, 6.45) is 5.22. The third-order valence-electron chi connectivity index (χ3n) is 1.93. The van der Waals surface area contributed by atoms with Crippen molar-refractivity contribution in [1.82, 2.24) is 4.90 Å². The highest BCUT2D eigenvalue weighted by molar-refractivity contribution is 5.21. The third kappa shape index (κ3) is 3.31. The Morgan fingerprint density at radius 1 is 1.31 bits per heavy atom. The molecule has 0 aliphatic carbocycles. The predicted molar refractivity (Wildman–Crippen MR) is 56.3 cm³/mol. The summed E-state index contributed by atoms with van der Waals surface area (Å²) in [6.45, 7) is 3.72. The molecule has 0 spiro atoms. The summed E-state index contributed by atoms with van der Waals surface area (Å²) in [5, 5.41) is 0. The van der Waals surface area contributed by atoms with Crippen LogP contribution >= 0.6 is 0 Å². The van der Waals surface area contributed by atoms with Crippen molar-refractivity contribution >= 4 is 0 Å². The van der Waals surface area contributed by atoms with Gasteiger partial charge in [-0.05, 0) is 19.5 Å². The first-order chi connectivity index (χ1) is 6.22. The van der Waals surface area contributed by atoms with Crippen LogP contribution in [-0.4, -0.2) is 18.5 Å². The lowest BCUT2D eigenvalue weighted by atomic mass is 10.1. The molecule has 0 atom stereocenters. The van der Waals surface area contributed by atoms with Gasteiger partial charge in [-0.2, -0.15) is 0 Å². The van der Waals surface area contributed by atoms with Crippen LogP contribution in [0.2, 0.25) is 0 Å². The summed E-state index contributed by atoms with van der Waals surface area (Å²) in [5.41, 5.74) is 2.60. The Bertz CT molecular complexity index is 292. The summed E-state index contributed by atoms with van der Waals surface area (Å²) >= 11 is 0. The molecule has 0 fully saturated rings. The maximum atomic E-state index is 5.22. The molecular weight excluding hydrogens is 158 g/mol. The number of hydrogen-bond acceptors (Lipinski definition) is 1. The van der Waals surface area contributed by atoms with Crippen molar-refractivity contribution < 1.29 is 0 Å². The molecule has 0 aromatic heterocycles. The molecule has 0 heterocycles. The van der Waals surface area contributed by atoms with Crippen molar-refractivity contribution in [2.45, 2.75) is 13.5 Å². The molecule has 1 heteroatoms. The van der Waals surface area contributed by atoms with Gasteiger partial charge in [0.1, 0.15) is 0 Å². The largest absolute Gasteiger partial charge is 0.291 e. The van der Waals surface area contributed by atoms with Gasteiger partial charge in [0.2, 0.25) is 0 Å². The highest BCUT2D eigenvalue weighted by atomic mass is 15.1. The molecule has 0 N–H and O–H groups in total. The fourth-order valence-corrected chi connectivity index (χ4v) is 1.22. The van der Waals surface area contributed by atoms with Crippen molar-refractivity contribution in [3.8, 4) is 12.3 Å². The van der Waals surface area contributed by atoms with Gasteiger partial charge in [0.25, 0.3) is 0 Å². The first-order valence-electron chi connectivity index (χ1n) is 4.40. The number of hydrogen-bond donors (Lipinski definition) is 0. The summed E-state index contributed by atoms with van der Waals surface area (Å²) in [7, 11) is 2.03. The lowest BCUT2D eigenvalue weighted by molar-refractivity contribution is 0.369. The topological polar surface area (TPSA) is 3.24 Å². The molecule has 0 bridgehead atoms. The van der Waals surface area contributed by atoms with Crippen molar-refractivity contribution in [3.05, 3.63) is 35.4 Å². The maximum absolute atomic E-state index is 5.22. The highest BCUT2D eigenvalue weighted by Crippen LogP contribution is 2.05. The Hall–Kier alpha value is -1.26. The van der Waals surface area contributed by atoms with Gasteiger partial charge in [0, 0.05) is 6.54 Å². The van der Waals surface area contributed by atoms with Crippen LogP contribution in [0.15, 0.2) is 24.3 Å². The van der Waals surface area contributed by atoms with E-state index in [0.717, 1.165) is 6.54 Å². The molecule has 0 amide bonds. The van der Waals surface area contributed by atoms with E-state index in [2.05, 4.69) is 42.0 Å². The molecule has 1 aromatic rings. The Morgan fingerprint density at radius 2 is 1.92 bits per heavy atom. The molecule has 0 radical (unpaired) electrons. The van der Waals surface area contributed by atoms with Crippen LogP contribution in [0.3, 0.4) is 0 Å². The first kappa shape index (κ1) is 9.83. The lowest BCUT2D eigenvalue weighted by Crippen LogP contribution is -2.17. The second-order valence-corrected chi connectivity index (χ2v) is 3.36. The van der Waals surface area contributed by atoms with E-state index in [0.29, 0.717) is 6.54 Å². The van der Waals surface area contributed by atoms with E-state index < -0.39 is 0 Å². The summed E-state index contributed by atoms with van der Waals surface area (Å²) < 4.78 is 0. The van der Waals surface area contributed by atoms with E-state index in [1.807, 2.05) is 7.05 Å². The lowest BCUT2D eigenvalue weighted by Gasteiger charge is -2.12. The molecule has 1 nitrogen and oxygen atoms in total. The number of terminal acetylenes is 1. The third-order valence-corrected chi connectivity index (χ3v) is 1.93. The molecule has 0 unspecified atom stereocenters. The second kappa shape index (κ2) is 4.69. The molecule has 1 rings (SSSR count). The monoisotopic (exact) mass is 173 g/mol. The average molecular weight is 173 g/mol. The van der Waals surface area contributed by atoms with E-state index in [1.165, 1.54) is 11.1 Å². The minimum absolute atomic E-state index is 0.702. The van der Waals surface area contributed by atoms with Crippen LogP contribution in [0.1, 0.15) is 11.1 Å². The standard InChI is InChI=1S/C12H15N/c1-4-9-13(3)10-12-7-5-11(2)6-8-12/h1,5-8H,9-10H2,2-3H3. The number of aryl methyl sites for hydroxylation is 1. The highest BCUT2D eigenvalue weighted by Gasteiger charge is 1.97. The van der Waals surface area contributed by atoms with Gasteiger partial charge in [0.05, 0.1) is 6.54 Å². The van der Waals surface area contributed by atoms with Crippen LogP contribution in [0, 0.1) is 19.3 Å². The quantitative estimate of drug-likeness (QED) is 0.632. The maximum Gasteiger partial charge on any atom is 0.0599 e. The molecular formula is C12H15N.